The molecule has 140 valence electrons. The van der Waals surface area contributed by atoms with Crippen LogP contribution in [0.1, 0.15) is 47.0 Å². The first kappa shape index (κ1) is 20.7. The molecule has 7 nitrogen and oxygen atoms in total. The van der Waals surface area contributed by atoms with Gasteiger partial charge in [0, 0.05) is 39.8 Å². The molecule has 2 atom stereocenters. The Hall–Kier alpha value is -1.34. The largest absolute Gasteiger partial charge is 0.379 e. The van der Waals surface area contributed by atoms with E-state index in [0.717, 1.165) is 31.8 Å². The summed E-state index contributed by atoms with van der Waals surface area (Å²) in [5.74, 6) is 0.731. The molecular weight excluding hydrogens is 308 g/mol. The van der Waals surface area contributed by atoms with E-state index in [2.05, 4.69) is 27.9 Å². The molecular formula is C17H34N4O3. The lowest BCUT2D eigenvalue weighted by Crippen LogP contribution is -2.48. The van der Waals surface area contributed by atoms with Gasteiger partial charge in [-0.3, -0.25) is 9.79 Å². The zero-order valence-electron chi connectivity index (χ0n) is 15.6. The molecule has 0 bridgehead atoms. The van der Waals surface area contributed by atoms with Gasteiger partial charge >= 0.3 is 0 Å². The average Bonchev–Trinajstić information content (AvgIpc) is 3.04. The lowest BCUT2D eigenvalue weighted by atomic mass is 10.1. The van der Waals surface area contributed by atoms with Crippen LogP contribution in [0.4, 0.5) is 0 Å². The van der Waals surface area contributed by atoms with E-state index < -0.39 is 0 Å². The fraction of sp³-hybridized carbons (Fsp3) is 0.882. The summed E-state index contributed by atoms with van der Waals surface area (Å²) < 4.78 is 11.3. The third-order valence-electron chi connectivity index (χ3n) is 3.70. The summed E-state index contributed by atoms with van der Waals surface area (Å²) in [5.41, 5.74) is 0. The molecule has 0 aliphatic carbocycles. The number of carbonyl (C=O) groups is 1. The van der Waals surface area contributed by atoms with Crippen LogP contribution in [0.5, 0.6) is 0 Å². The van der Waals surface area contributed by atoms with Crippen LogP contribution in [0.15, 0.2) is 4.99 Å². The molecule has 2 unspecified atom stereocenters. The van der Waals surface area contributed by atoms with Gasteiger partial charge in [-0.05, 0) is 40.0 Å². The molecule has 0 aromatic rings. The number of ether oxygens (including phenoxy) is 2. The van der Waals surface area contributed by atoms with Crippen molar-refractivity contribution in [1.82, 2.24) is 16.0 Å². The van der Waals surface area contributed by atoms with Gasteiger partial charge in [-0.15, -0.1) is 0 Å². The van der Waals surface area contributed by atoms with Crippen LogP contribution in [0.3, 0.4) is 0 Å². The predicted octanol–water partition coefficient (Wildman–Crippen LogP) is 1.04. The Balaban J connectivity index is 2.39. The molecule has 1 amide bonds. The molecule has 0 aromatic heterocycles. The number of hydrogen-bond acceptors (Lipinski definition) is 4. The summed E-state index contributed by atoms with van der Waals surface area (Å²) in [6.45, 7) is 11.1. The van der Waals surface area contributed by atoms with E-state index in [1.54, 1.807) is 0 Å². The quantitative estimate of drug-likeness (QED) is 0.314. The first-order valence-electron chi connectivity index (χ1n) is 9.01. The number of nitrogens with zero attached hydrogens (tertiary/aromatic N) is 1. The van der Waals surface area contributed by atoms with Crippen molar-refractivity contribution in [3.63, 3.8) is 0 Å². The maximum atomic E-state index is 10.9. The molecule has 3 N–H and O–H groups in total. The van der Waals surface area contributed by atoms with E-state index in [9.17, 15) is 4.79 Å². The van der Waals surface area contributed by atoms with Crippen molar-refractivity contribution in [3.8, 4) is 0 Å². The summed E-state index contributed by atoms with van der Waals surface area (Å²) in [6.07, 6.45) is 3.56. The summed E-state index contributed by atoms with van der Waals surface area (Å²) in [6, 6.07) is 0.200. The van der Waals surface area contributed by atoms with Gasteiger partial charge in [0.1, 0.15) is 0 Å². The van der Waals surface area contributed by atoms with Crippen molar-refractivity contribution < 1.29 is 14.3 Å². The molecule has 0 spiro atoms. The second kappa shape index (κ2) is 12.1. The second-order valence-corrected chi connectivity index (χ2v) is 6.40. The van der Waals surface area contributed by atoms with E-state index >= 15 is 0 Å². The van der Waals surface area contributed by atoms with Gasteiger partial charge in [-0.25, -0.2) is 0 Å². The van der Waals surface area contributed by atoms with Crippen molar-refractivity contribution >= 4 is 11.9 Å². The van der Waals surface area contributed by atoms with Crippen molar-refractivity contribution in [1.29, 1.82) is 0 Å². The second-order valence-electron chi connectivity index (χ2n) is 6.40. The number of guanidine groups is 1. The number of hydrogen-bond donors (Lipinski definition) is 3. The van der Waals surface area contributed by atoms with Crippen LogP contribution < -0.4 is 16.0 Å². The summed E-state index contributed by atoms with van der Waals surface area (Å²) >= 11 is 0. The molecule has 1 fully saturated rings. The van der Waals surface area contributed by atoms with Gasteiger partial charge < -0.3 is 25.4 Å². The van der Waals surface area contributed by atoms with E-state index in [-0.39, 0.29) is 24.2 Å². The smallest absolute Gasteiger partial charge is 0.216 e. The van der Waals surface area contributed by atoms with Crippen LogP contribution in [0, 0.1) is 0 Å². The van der Waals surface area contributed by atoms with E-state index in [1.807, 2.05) is 13.8 Å². The lowest BCUT2D eigenvalue weighted by Gasteiger charge is -2.23. The van der Waals surface area contributed by atoms with E-state index in [4.69, 9.17) is 9.47 Å². The Bertz CT molecular complexity index is 382. The normalized spacial score (nSPS) is 19.4. The summed E-state index contributed by atoms with van der Waals surface area (Å²) in [5, 5.41) is 9.43. The van der Waals surface area contributed by atoms with Gasteiger partial charge in [-0.2, -0.15) is 0 Å². The van der Waals surface area contributed by atoms with Gasteiger partial charge in [0.25, 0.3) is 0 Å². The number of rotatable bonds is 10. The molecule has 0 saturated carbocycles. The van der Waals surface area contributed by atoms with Crippen molar-refractivity contribution in [2.24, 2.45) is 4.99 Å². The molecule has 1 aliphatic rings. The molecule has 24 heavy (non-hydrogen) atoms. The minimum atomic E-state index is -0.0261. The van der Waals surface area contributed by atoms with Crippen molar-refractivity contribution in [3.05, 3.63) is 0 Å². The third-order valence-corrected chi connectivity index (χ3v) is 3.70. The molecule has 0 radical (unpaired) electrons. The predicted molar refractivity (Wildman–Crippen MR) is 96.3 cm³/mol. The minimum Gasteiger partial charge on any atom is -0.379 e. The highest BCUT2D eigenvalue weighted by Gasteiger charge is 2.22. The Kier molecular flexibility index (Phi) is 10.4. The Morgan fingerprint density at radius 3 is 2.67 bits per heavy atom. The van der Waals surface area contributed by atoms with Crippen molar-refractivity contribution in [2.75, 3.05) is 32.8 Å². The first-order valence-corrected chi connectivity index (χ1v) is 9.01. The Morgan fingerprint density at radius 2 is 2.04 bits per heavy atom. The van der Waals surface area contributed by atoms with Gasteiger partial charge in [0.2, 0.25) is 5.91 Å². The zero-order valence-corrected chi connectivity index (χ0v) is 15.6. The number of carbonyl (C=O) groups excluding carboxylic acids is 1. The van der Waals surface area contributed by atoms with Crippen LogP contribution >= 0.6 is 0 Å². The minimum absolute atomic E-state index is 0.0261. The Morgan fingerprint density at radius 1 is 1.29 bits per heavy atom. The van der Waals surface area contributed by atoms with E-state index in [1.165, 1.54) is 6.92 Å². The summed E-state index contributed by atoms with van der Waals surface area (Å²) in [4.78, 5) is 15.5. The fourth-order valence-corrected chi connectivity index (χ4v) is 2.45. The van der Waals surface area contributed by atoms with Crippen LogP contribution in [-0.2, 0) is 14.3 Å². The van der Waals surface area contributed by atoms with Gasteiger partial charge in [0.15, 0.2) is 5.96 Å². The highest BCUT2D eigenvalue weighted by atomic mass is 16.5. The molecule has 1 heterocycles. The van der Waals surface area contributed by atoms with Gasteiger partial charge in [-0.1, -0.05) is 0 Å². The highest BCUT2D eigenvalue weighted by molar-refractivity contribution is 5.80. The topological polar surface area (TPSA) is 84.0 Å². The molecule has 0 aromatic carbocycles. The van der Waals surface area contributed by atoms with Crippen LogP contribution in [0.25, 0.3) is 0 Å². The van der Waals surface area contributed by atoms with Gasteiger partial charge in [0.05, 0.1) is 18.2 Å². The zero-order chi connectivity index (χ0) is 17.8. The SMILES string of the molecule is CC(=O)NCCNC(=NCCCOC(C)C)NC(C)C1CCCO1. The molecule has 1 rings (SSSR count). The number of aliphatic imine (C=N–C) groups is 1. The number of nitrogens with one attached hydrogen (secondary N) is 3. The highest BCUT2D eigenvalue weighted by Crippen LogP contribution is 2.15. The third kappa shape index (κ3) is 9.72. The van der Waals surface area contributed by atoms with Crippen LogP contribution in [0.2, 0.25) is 0 Å². The number of amides is 1. The van der Waals surface area contributed by atoms with E-state index in [0.29, 0.717) is 26.2 Å². The molecule has 1 aliphatic heterocycles. The first-order chi connectivity index (χ1) is 11.5. The van der Waals surface area contributed by atoms with Crippen molar-refractivity contribution in [2.45, 2.75) is 65.2 Å². The van der Waals surface area contributed by atoms with Crippen LogP contribution in [-0.4, -0.2) is 63.0 Å². The standard InChI is InChI=1S/C17H34N4O3/c1-13(2)23-12-6-8-19-17(20-10-9-18-15(4)22)21-14(3)16-7-5-11-24-16/h13-14,16H,5-12H2,1-4H3,(H,18,22)(H2,19,20,21). The lowest BCUT2D eigenvalue weighted by molar-refractivity contribution is -0.118. The maximum absolute atomic E-state index is 10.9. The average molecular weight is 342 g/mol. The fourth-order valence-electron chi connectivity index (χ4n) is 2.45. The molecule has 7 heteroatoms. The Labute approximate surface area is 146 Å². The monoisotopic (exact) mass is 342 g/mol. The molecule has 1 saturated heterocycles. The maximum Gasteiger partial charge on any atom is 0.216 e. The summed E-state index contributed by atoms with van der Waals surface area (Å²) in [7, 11) is 0.